The summed E-state index contributed by atoms with van der Waals surface area (Å²) in [5.74, 6) is -0.350. The maximum Gasteiger partial charge on any atom is 0.259 e. The third kappa shape index (κ3) is 3.27. The molecule has 6 heteroatoms. The van der Waals surface area contributed by atoms with E-state index < -0.39 is 6.04 Å². The molecular formula is C20H24N4O2. The molecule has 0 fully saturated rings. The van der Waals surface area contributed by atoms with Crippen LogP contribution in [0.2, 0.25) is 0 Å². The van der Waals surface area contributed by atoms with Gasteiger partial charge in [-0.05, 0) is 39.3 Å². The zero-order valence-electron chi connectivity index (χ0n) is 15.5. The molecule has 1 aliphatic heterocycles. The van der Waals surface area contributed by atoms with Crippen molar-refractivity contribution in [1.82, 2.24) is 20.0 Å². The third-order valence-corrected chi connectivity index (χ3v) is 4.69. The van der Waals surface area contributed by atoms with Crippen molar-refractivity contribution >= 4 is 17.5 Å². The Morgan fingerprint density at radius 2 is 1.96 bits per heavy atom. The predicted molar refractivity (Wildman–Crippen MR) is 100 cm³/mol. The number of nitrogens with zero attached hydrogens (tertiary/aromatic N) is 3. The van der Waals surface area contributed by atoms with Crippen molar-refractivity contribution in [3.05, 3.63) is 59.4 Å². The number of fused-ring (bicyclic) bond motifs is 1. The summed E-state index contributed by atoms with van der Waals surface area (Å²) in [5, 5.41) is 7.32. The smallest absolute Gasteiger partial charge is 0.259 e. The Bertz CT molecular complexity index is 833. The Morgan fingerprint density at radius 3 is 2.58 bits per heavy atom. The SMILES string of the molecule is C=C1c2ccccc2C(=O)N1[C@H](C)C(=O)NCCCn1nc(C)cc1C. The number of carbonyl (C=O) groups excluding carboxylic acids is 2. The van der Waals surface area contributed by atoms with Crippen molar-refractivity contribution in [3.8, 4) is 0 Å². The summed E-state index contributed by atoms with van der Waals surface area (Å²) in [5.41, 5.74) is 4.07. The first-order valence-corrected chi connectivity index (χ1v) is 8.80. The van der Waals surface area contributed by atoms with Crippen molar-refractivity contribution < 1.29 is 9.59 Å². The van der Waals surface area contributed by atoms with Crippen LogP contribution in [0.4, 0.5) is 0 Å². The van der Waals surface area contributed by atoms with Gasteiger partial charge in [-0.2, -0.15) is 5.10 Å². The monoisotopic (exact) mass is 352 g/mol. The van der Waals surface area contributed by atoms with Crippen molar-refractivity contribution in [2.45, 2.75) is 39.8 Å². The molecule has 0 aliphatic carbocycles. The summed E-state index contributed by atoms with van der Waals surface area (Å²) in [7, 11) is 0. The summed E-state index contributed by atoms with van der Waals surface area (Å²) in [6.07, 6.45) is 0.773. The van der Waals surface area contributed by atoms with E-state index in [1.165, 1.54) is 4.90 Å². The first kappa shape index (κ1) is 17.9. The van der Waals surface area contributed by atoms with Gasteiger partial charge in [-0.25, -0.2) is 0 Å². The van der Waals surface area contributed by atoms with Gasteiger partial charge in [0.25, 0.3) is 5.91 Å². The lowest BCUT2D eigenvalue weighted by molar-refractivity contribution is -0.124. The molecular weight excluding hydrogens is 328 g/mol. The van der Waals surface area contributed by atoms with Crippen molar-refractivity contribution in [2.75, 3.05) is 6.54 Å². The van der Waals surface area contributed by atoms with Crippen molar-refractivity contribution in [2.24, 2.45) is 0 Å². The summed E-state index contributed by atoms with van der Waals surface area (Å²) >= 11 is 0. The van der Waals surface area contributed by atoms with Gasteiger partial charge in [0.15, 0.2) is 0 Å². The molecule has 1 atom stereocenters. The number of benzene rings is 1. The Kier molecular flexibility index (Phi) is 4.93. The second-order valence-electron chi connectivity index (χ2n) is 6.64. The van der Waals surface area contributed by atoms with E-state index in [-0.39, 0.29) is 11.8 Å². The zero-order chi connectivity index (χ0) is 18.8. The molecule has 1 aliphatic rings. The van der Waals surface area contributed by atoms with Crippen LogP contribution in [0.1, 0.15) is 40.7 Å². The lowest BCUT2D eigenvalue weighted by Crippen LogP contribution is -2.45. The largest absolute Gasteiger partial charge is 0.354 e. The Morgan fingerprint density at radius 1 is 1.27 bits per heavy atom. The highest BCUT2D eigenvalue weighted by Gasteiger charge is 2.36. The second kappa shape index (κ2) is 7.15. The minimum absolute atomic E-state index is 0.170. The highest BCUT2D eigenvalue weighted by atomic mass is 16.2. The van der Waals surface area contributed by atoms with Gasteiger partial charge in [-0.3, -0.25) is 19.2 Å². The fraction of sp³-hybridized carbons (Fsp3) is 0.350. The summed E-state index contributed by atoms with van der Waals surface area (Å²) in [4.78, 5) is 26.5. The number of rotatable bonds is 6. The average Bonchev–Trinajstić information content (AvgIpc) is 3.07. The molecule has 1 aromatic heterocycles. The van der Waals surface area contributed by atoms with Gasteiger partial charge < -0.3 is 5.32 Å². The normalized spacial score (nSPS) is 14.5. The Balaban J connectivity index is 1.55. The van der Waals surface area contributed by atoms with Gasteiger partial charge in [0.1, 0.15) is 6.04 Å². The molecule has 2 amide bonds. The van der Waals surface area contributed by atoms with Crippen LogP contribution >= 0.6 is 0 Å². The van der Waals surface area contributed by atoms with Crippen molar-refractivity contribution in [3.63, 3.8) is 0 Å². The van der Waals surface area contributed by atoms with Crippen LogP contribution in [0.5, 0.6) is 0 Å². The molecule has 2 heterocycles. The van der Waals surface area contributed by atoms with Crippen LogP contribution in [-0.4, -0.2) is 39.1 Å². The van der Waals surface area contributed by atoms with Crippen LogP contribution in [-0.2, 0) is 11.3 Å². The summed E-state index contributed by atoms with van der Waals surface area (Å²) in [6.45, 7) is 11.0. The van der Waals surface area contributed by atoms with Crippen molar-refractivity contribution in [1.29, 1.82) is 0 Å². The first-order valence-electron chi connectivity index (χ1n) is 8.80. The van der Waals surface area contributed by atoms with Gasteiger partial charge in [0.05, 0.1) is 5.69 Å². The number of amides is 2. The predicted octanol–water partition coefficient (Wildman–Crippen LogP) is 2.52. The number of carbonyl (C=O) groups is 2. The molecule has 0 radical (unpaired) electrons. The molecule has 1 aromatic carbocycles. The van der Waals surface area contributed by atoms with E-state index in [9.17, 15) is 9.59 Å². The number of hydrogen-bond acceptors (Lipinski definition) is 3. The maximum atomic E-state index is 12.6. The van der Waals surface area contributed by atoms with Gasteiger partial charge in [-0.1, -0.05) is 24.8 Å². The van der Waals surface area contributed by atoms with E-state index in [0.717, 1.165) is 29.9 Å². The highest BCUT2D eigenvalue weighted by molar-refractivity contribution is 6.10. The van der Waals surface area contributed by atoms with Gasteiger partial charge in [0.2, 0.25) is 5.91 Å². The van der Waals surface area contributed by atoms with Crippen LogP contribution in [0, 0.1) is 13.8 Å². The lowest BCUT2D eigenvalue weighted by Gasteiger charge is -2.24. The molecule has 26 heavy (non-hydrogen) atoms. The van der Waals surface area contributed by atoms with Gasteiger partial charge in [0, 0.05) is 35.6 Å². The molecule has 3 rings (SSSR count). The summed E-state index contributed by atoms with van der Waals surface area (Å²) in [6, 6.07) is 8.73. The Labute approximate surface area is 153 Å². The second-order valence-corrected chi connectivity index (χ2v) is 6.64. The zero-order valence-corrected chi connectivity index (χ0v) is 15.5. The van der Waals surface area contributed by atoms with E-state index in [2.05, 4.69) is 17.0 Å². The van der Waals surface area contributed by atoms with E-state index >= 15 is 0 Å². The molecule has 0 saturated heterocycles. The quantitative estimate of drug-likeness (QED) is 0.813. The first-order chi connectivity index (χ1) is 12.4. The van der Waals surface area contributed by atoms with Crippen LogP contribution in [0.15, 0.2) is 36.9 Å². The van der Waals surface area contributed by atoms with E-state index in [4.69, 9.17) is 0 Å². The molecule has 1 N–H and O–H groups in total. The third-order valence-electron chi connectivity index (χ3n) is 4.69. The number of aryl methyl sites for hydroxylation is 3. The minimum atomic E-state index is -0.601. The highest BCUT2D eigenvalue weighted by Crippen LogP contribution is 2.32. The van der Waals surface area contributed by atoms with Crippen LogP contribution < -0.4 is 5.32 Å². The number of aromatic nitrogens is 2. The lowest BCUT2D eigenvalue weighted by atomic mass is 10.1. The van der Waals surface area contributed by atoms with Crippen LogP contribution in [0.25, 0.3) is 5.70 Å². The van der Waals surface area contributed by atoms with Gasteiger partial charge >= 0.3 is 0 Å². The average molecular weight is 352 g/mol. The standard InChI is InChI=1S/C20H24N4O2/c1-13-12-14(2)23(22-13)11-7-10-21-19(25)16(4)24-15(3)17-8-5-6-9-18(17)20(24)26/h5-6,8-9,12,16H,3,7,10-11H2,1-2,4H3,(H,21,25)/t16-/m1/s1. The molecule has 2 aromatic rings. The molecule has 0 saturated carbocycles. The van der Waals surface area contributed by atoms with E-state index in [1.54, 1.807) is 13.0 Å². The minimum Gasteiger partial charge on any atom is -0.354 e. The van der Waals surface area contributed by atoms with E-state index in [1.807, 2.05) is 42.8 Å². The van der Waals surface area contributed by atoms with Crippen LogP contribution in [0.3, 0.4) is 0 Å². The molecule has 0 unspecified atom stereocenters. The maximum absolute atomic E-state index is 12.6. The molecule has 0 bridgehead atoms. The fourth-order valence-corrected chi connectivity index (χ4v) is 3.32. The van der Waals surface area contributed by atoms with Gasteiger partial charge in [-0.15, -0.1) is 0 Å². The summed E-state index contributed by atoms with van der Waals surface area (Å²) < 4.78 is 1.94. The van der Waals surface area contributed by atoms with E-state index in [0.29, 0.717) is 17.8 Å². The molecule has 6 nitrogen and oxygen atoms in total. The number of nitrogens with one attached hydrogen (secondary N) is 1. The fourth-order valence-electron chi connectivity index (χ4n) is 3.32. The topological polar surface area (TPSA) is 67.2 Å². The Hall–Kier alpha value is -2.89. The molecule has 0 spiro atoms. The molecule has 136 valence electrons. The number of hydrogen-bond donors (Lipinski definition) is 1.